The summed E-state index contributed by atoms with van der Waals surface area (Å²) in [4.78, 5) is 22.4. The van der Waals surface area contributed by atoms with Gasteiger partial charge in [0.15, 0.2) is 5.75 Å². The summed E-state index contributed by atoms with van der Waals surface area (Å²) >= 11 is 12.4. The van der Waals surface area contributed by atoms with Gasteiger partial charge in [0.2, 0.25) is 11.8 Å². The van der Waals surface area contributed by atoms with Gasteiger partial charge in [-0.25, -0.2) is 5.10 Å². The highest BCUT2D eigenvalue weighted by Crippen LogP contribution is 2.39. The Bertz CT molecular complexity index is 813. The van der Waals surface area contributed by atoms with E-state index in [-0.39, 0.29) is 46.2 Å². The van der Waals surface area contributed by atoms with Gasteiger partial charge in [-0.05, 0) is 5.92 Å². The Kier molecular flexibility index (Phi) is 6.27. The van der Waals surface area contributed by atoms with Crippen LogP contribution in [0, 0.1) is 0 Å². The summed E-state index contributed by atoms with van der Waals surface area (Å²) in [6.07, 6.45) is 0.0762. The minimum Gasteiger partial charge on any atom is -0.493 e. The second-order valence-electron chi connectivity index (χ2n) is 5.53. The molecule has 0 saturated carbocycles. The lowest BCUT2D eigenvalue weighted by Crippen LogP contribution is -2.15. The zero-order valence-electron chi connectivity index (χ0n) is 13.6. The third-order valence-corrected chi connectivity index (χ3v) is 3.79. The van der Waals surface area contributed by atoms with Crippen LogP contribution in [0.3, 0.4) is 0 Å². The SMILES string of the molecule is CC(C)c1cc(Oc2c(Cl)cc(OCCC(N)=O)cc2Cl)n[nH]c1=O. The maximum atomic E-state index is 11.7. The number of hydrogen-bond acceptors (Lipinski definition) is 5. The summed E-state index contributed by atoms with van der Waals surface area (Å²) in [5.41, 5.74) is 5.30. The Morgan fingerprint density at radius 3 is 2.48 bits per heavy atom. The quantitative estimate of drug-likeness (QED) is 0.760. The van der Waals surface area contributed by atoms with Crippen LogP contribution in [0.1, 0.15) is 31.7 Å². The number of halogens is 2. The predicted molar refractivity (Wildman–Crippen MR) is 94.8 cm³/mol. The van der Waals surface area contributed by atoms with Crippen LogP contribution in [0.4, 0.5) is 0 Å². The van der Waals surface area contributed by atoms with Crippen molar-refractivity contribution < 1.29 is 14.3 Å². The van der Waals surface area contributed by atoms with Gasteiger partial charge >= 0.3 is 0 Å². The average Bonchev–Trinajstić information content (AvgIpc) is 2.51. The summed E-state index contributed by atoms with van der Waals surface area (Å²) in [7, 11) is 0. The van der Waals surface area contributed by atoms with Gasteiger partial charge in [0, 0.05) is 23.8 Å². The molecule has 2 rings (SSSR count). The number of nitrogens with zero attached hydrogens (tertiary/aromatic N) is 1. The van der Waals surface area contributed by atoms with Gasteiger partial charge in [-0.15, -0.1) is 5.10 Å². The Labute approximate surface area is 154 Å². The van der Waals surface area contributed by atoms with Gasteiger partial charge in [0.25, 0.3) is 5.56 Å². The number of benzene rings is 1. The van der Waals surface area contributed by atoms with Gasteiger partial charge < -0.3 is 15.2 Å². The molecule has 2 aromatic rings. The smallest absolute Gasteiger partial charge is 0.267 e. The largest absolute Gasteiger partial charge is 0.493 e. The number of rotatable bonds is 7. The van der Waals surface area contributed by atoms with Gasteiger partial charge in [-0.3, -0.25) is 9.59 Å². The summed E-state index contributed by atoms with van der Waals surface area (Å²) in [5.74, 6) is 0.249. The second kappa shape index (κ2) is 8.22. The normalized spacial score (nSPS) is 10.8. The van der Waals surface area contributed by atoms with Crippen LogP contribution < -0.4 is 20.8 Å². The number of H-pyrrole nitrogens is 1. The molecule has 0 aliphatic rings. The first kappa shape index (κ1) is 19.1. The molecule has 0 radical (unpaired) electrons. The molecule has 134 valence electrons. The lowest BCUT2D eigenvalue weighted by Gasteiger charge is -2.12. The number of carbonyl (C=O) groups excluding carboxylic acids is 1. The Morgan fingerprint density at radius 2 is 1.92 bits per heavy atom. The number of aromatic amines is 1. The first-order valence-corrected chi connectivity index (χ1v) is 8.21. The summed E-state index contributed by atoms with van der Waals surface area (Å²) < 4.78 is 11.0. The second-order valence-corrected chi connectivity index (χ2v) is 6.34. The number of amides is 1. The third-order valence-electron chi connectivity index (χ3n) is 3.23. The lowest BCUT2D eigenvalue weighted by molar-refractivity contribution is -0.118. The fourth-order valence-corrected chi connectivity index (χ4v) is 2.52. The molecule has 0 unspecified atom stereocenters. The molecule has 0 aliphatic carbocycles. The molecule has 0 fully saturated rings. The van der Waals surface area contributed by atoms with E-state index in [0.29, 0.717) is 11.3 Å². The van der Waals surface area contributed by atoms with Crippen LogP contribution >= 0.6 is 23.2 Å². The molecule has 7 nitrogen and oxygen atoms in total. The van der Waals surface area contributed by atoms with E-state index in [9.17, 15) is 9.59 Å². The Morgan fingerprint density at radius 1 is 1.28 bits per heavy atom. The van der Waals surface area contributed by atoms with E-state index in [1.807, 2.05) is 13.8 Å². The van der Waals surface area contributed by atoms with Crippen LogP contribution in [0.25, 0.3) is 0 Å². The number of ether oxygens (including phenoxy) is 2. The predicted octanol–water partition coefficient (Wildman–Crippen LogP) is 3.25. The maximum Gasteiger partial charge on any atom is 0.267 e. The molecule has 0 atom stereocenters. The number of nitrogens with two attached hydrogens (primary N) is 1. The molecule has 1 amide bonds. The molecule has 0 aliphatic heterocycles. The van der Waals surface area contributed by atoms with Gasteiger partial charge in [0.1, 0.15) is 5.75 Å². The molecule has 0 spiro atoms. The van der Waals surface area contributed by atoms with Crippen molar-refractivity contribution in [2.75, 3.05) is 6.61 Å². The molecule has 9 heteroatoms. The van der Waals surface area contributed by atoms with Crippen molar-refractivity contribution in [1.82, 2.24) is 10.2 Å². The number of nitrogens with one attached hydrogen (secondary N) is 1. The van der Waals surface area contributed by atoms with Crippen molar-refractivity contribution in [3.05, 3.63) is 44.2 Å². The minimum atomic E-state index is -0.470. The van der Waals surface area contributed by atoms with Crippen LogP contribution in [0.2, 0.25) is 10.0 Å². The summed E-state index contributed by atoms with van der Waals surface area (Å²) in [5, 5.41) is 6.59. The van der Waals surface area contributed by atoms with E-state index < -0.39 is 5.91 Å². The number of aromatic nitrogens is 2. The molecule has 1 heterocycles. The van der Waals surface area contributed by atoms with E-state index in [1.165, 1.54) is 18.2 Å². The number of hydrogen-bond donors (Lipinski definition) is 2. The van der Waals surface area contributed by atoms with E-state index in [4.69, 9.17) is 38.4 Å². The standard InChI is InChI=1S/C16H17Cl2N3O4/c1-8(2)10-7-14(20-21-16(10)23)25-15-11(17)5-9(6-12(15)18)24-4-3-13(19)22/h5-8H,3-4H2,1-2H3,(H2,19,22)(H,21,23). The van der Waals surface area contributed by atoms with Crippen LogP contribution in [0.15, 0.2) is 23.0 Å². The first-order valence-electron chi connectivity index (χ1n) is 7.45. The highest BCUT2D eigenvalue weighted by Gasteiger charge is 2.14. The summed E-state index contributed by atoms with van der Waals surface area (Å²) in [6, 6.07) is 4.53. The molecule has 3 N–H and O–H groups in total. The molecule has 0 saturated heterocycles. The molecule has 1 aromatic heterocycles. The summed E-state index contributed by atoms with van der Waals surface area (Å²) in [6.45, 7) is 3.88. The zero-order chi connectivity index (χ0) is 18.6. The van der Waals surface area contributed by atoms with E-state index in [1.54, 1.807) is 0 Å². The average molecular weight is 386 g/mol. The van der Waals surface area contributed by atoms with E-state index in [0.717, 1.165) is 0 Å². The molecular weight excluding hydrogens is 369 g/mol. The van der Waals surface area contributed by atoms with Crippen molar-refractivity contribution in [3.63, 3.8) is 0 Å². The number of carbonyl (C=O) groups is 1. The molecule has 0 bridgehead atoms. The van der Waals surface area contributed by atoms with Crippen molar-refractivity contribution in [1.29, 1.82) is 0 Å². The molecule has 25 heavy (non-hydrogen) atoms. The highest BCUT2D eigenvalue weighted by molar-refractivity contribution is 6.37. The fourth-order valence-electron chi connectivity index (χ4n) is 1.97. The Balaban J connectivity index is 2.21. The van der Waals surface area contributed by atoms with E-state index in [2.05, 4.69) is 10.2 Å². The van der Waals surface area contributed by atoms with Gasteiger partial charge in [-0.1, -0.05) is 37.0 Å². The fraction of sp³-hybridized carbons (Fsp3) is 0.312. The molecular formula is C16H17Cl2N3O4. The third kappa shape index (κ3) is 5.11. The molecule has 1 aromatic carbocycles. The van der Waals surface area contributed by atoms with E-state index >= 15 is 0 Å². The topological polar surface area (TPSA) is 107 Å². The van der Waals surface area contributed by atoms with Crippen molar-refractivity contribution in [3.8, 4) is 17.4 Å². The van der Waals surface area contributed by atoms with Gasteiger partial charge in [0.05, 0.1) is 23.1 Å². The minimum absolute atomic E-state index is 0.000996. The maximum absolute atomic E-state index is 11.7. The van der Waals surface area contributed by atoms with Crippen molar-refractivity contribution in [2.45, 2.75) is 26.2 Å². The first-order chi connectivity index (χ1) is 11.8. The Hall–Kier alpha value is -2.25. The monoisotopic (exact) mass is 385 g/mol. The van der Waals surface area contributed by atoms with Crippen molar-refractivity contribution in [2.24, 2.45) is 5.73 Å². The van der Waals surface area contributed by atoms with Crippen LogP contribution in [-0.2, 0) is 4.79 Å². The lowest BCUT2D eigenvalue weighted by atomic mass is 10.1. The van der Waals surface area contributed by atoms with Crippen LogP contribution in [0.5, 0.6) is 17.4 Å². The number of primary amides is 1. The zero-order valence-corrected chi connectivity index (χ0v) is 15.1. The highest BCUT2D eigenvalue weighted by atomic mass is 35.5. The van der Waals surface area contributed by atoms with Crippen LogP contribution in [-0.4, -0.2) is 22.7 Å². The van der Waals surface area contributed by atoms with Gasteiger partial charge in [-0.2, -0.15) is 0 Å². The van der Waals surface area contributed by atoms with Crippen molar-refractivity contribution >= 4 is 29.1 Å².